The highest BCUT2D eigenvalue weighted by Gasteiger charge is 2.27. The van der Waals surface area contributed by atoms with E-state index in [1.165, 1.54) is 18.4 Å². The fourth-order valence-corrected chi connectivity index (χ4v) is 1.99. The van der Waals surface area contributed by atoms with E-state index in [0.29, 0.717) is 6.10 Å². The third kappa shape index (κ3) is 2.55. The van der Waals surface area contributed by atoms with E-state index in [2.05, 4.69) is 38.7 Å². The van der Waals surface area contributed by atoms with Crippen molar-refractivity contribution in [2.45, 2.75) is 52.1 Å². The van der Waals surface area contributed by atoms with Crippen LogP contribution in [0, 0.1) is 5.92 Å². The second-order valence-electron chi connectivity index (χ2n) is 5.95. The van der Waals surface area contributed by atoms with Gasteiger partial charge < -0.3 is 4.74 Å². The minimum absolute atomic E-state index is 0.163. The van der Waals surface area contributed by atoms with Gasteiger partial charge in [0, 0.05) is 12.3 Å². The highest BCUT2D eigenvalue weighted by atomic mass is 16.5. The zero-order valence-electron chi connectivity index (χ0n) is 10.7. The maximum Gasteiger partial charge on any atom is 0.213 e. The van der Waals surface area contributed by atoms with Gasteiger partial charge in [-0.15, -0.1) is 0 Å². The molecule has 1 aromatic rings. The number of hydrogen-bond acceptors (Lipinski definition) is 2. The van der Waals surface area contributed by atoms with Crippen LogP contribution >= 0.6 is 0 Å². The van der Waals surface area contributed by atoms with Crippen molar-refractivity contribution in [1.82, 2.24) is 4.98 Å². The van der Waals surface area contributed by atoms with Crippen molar-refractivity contribution in [3.63, 3.8) is 0 Å². The standard InChI is InChI=1S/C14H21NO/c1-10-7-12(8-10)16-13-6-5-11(9-15-13)14(2,3)4/h5-6,9-10,12H,7-8H2,1-4H3. The fraction of sp³-hybridized carbons (Fsp3) is 0.643. The molecule has 1 aromatic heterocycles. The van der Waals surface area contributed by atoms with Gasteiger partial charge >= 0.3 is 0 Å². The molecule has 88 valence electrons. The Balaban J connectivity index is 1.97. The predicted molar refractivity (Wildman–Crippen MR) is 65.8 cm³/mol. The topological polar surface area (TPSA) is 22.1 Å². The van der Waals surface area contributed by atoms with Gasteiger partial charge in [-0.1, -0.05) is 33.8 Å². The molecule has 2 heteroatoms. The SMILES string of the molecule is CC1CC(Oc2ccc(C(C)(C)C)cn2)C1. The van der Waals surface area contributed by atoms with E-state index in [9.17, 15) is 0 Å². The molecule has 0 aromatic carbocycles. The van der Waals surface area contributed by atoms with E-state index in [0.717, 1.165) is 11.8 Å². The summed E-state index contributed by atoms with van der Waals surface area (Å²) < 4.78 is 5.78. The van der Waals surface area contributed by atoms with Crippen molar-refractivity contribution >= 4 is 0 Å². The van der Waals surface area contributed by atoms with Crippen LogP contribution in [0.5, 0.6) is 5.88 Å². The van der Waals surface area contributed by atoms with Crippen LogP contribution in [0.1, 0.15) is 46.1 Å². The third-order valence-corrected chi connectivity index (χ3v) is 3.22. The van der Waals surface area contributed by atoms with Gasteiger partial charge in [-0.3, -0.25) is 0 Å². The molecule has 0 atom stereocenters. The normalized spacial score (nSPS) is 25.0. The summed E-state index contributed by atoms with van der Waals surface area (Å²) >= 11 is 0. The highest BCUT2D eigenvalue weighted by Crippen LogP contribution is 2.30. The van der Waals surface area contributed by atoms with Crippen LogP contribution in [-0.4, -0.2) is 11.1 Å². The highest BCUT2D eigenvalue weighted by molar-refractivity contribution is 5.23. The van der Waals surface area contributed by atoms with Gasteiger partial charge in [0.25, 0.3) is 0 Å². The van der Waals surface area contributed by atoms with Crippen LogP contribution in [0.4, 0.5) is 0 Å². The fourth-order valence-electron chi connectivity index (χ4n) is 1.99. The summed E-state index contributed by atoms with van der Waals surface area (Å²) in [6.45, 7) is 8.84. The van der Waals surface area contributed by atoms with Crippen LogP contribution in [0.3, 0.4) is 0 Å². The first kappa shape index (κ1) is 11.4. The molecule has 1 fully saturated rings. The Morgan fingerprint density at radius 1 is 1.25 bits per heavy atom. The van der Waals surface area contributed by atoms with E-state index in [1.807, 2.05) is 12.3 Å². The van der Waals surface area contributed by atoms with Crippen LogP contribution in [-0.2, 0) is 5.41 Å². The molecule has 0 unspecified atom stereocenters. The zero-order chi connectivity index (χ0) is 11.8. The minimum atomic E-state index is 0.163. The number of aromatic nitrogens is 1. The molecule has 0 N–H and O–H groups in total. The Morgan fingerprint density at radius 3 is 2.38 bits per heavy atom. The van der Waals surface area contributed by atoms with Crippen molar-refractivity contribution in [3.8, 4) is 5.88 Å². The lowest BCUT2D eigenvalue weighted by Gasteiger charge is -2.32. The Labute approximate surface area is 98.0 Å². The first-order valence-electron chi connectivity index (χ1n) is 6.08. The van der Waals surface area contributed by atoms with Gasteiger partial charge in [0.05, 0.1) is 0 Å². The Kier molecular flexibility index (Phi) is 2.92. The smallest absolute Gasteiger partial charge is 0.213 e. The summed E-state index contributed by atoms with van der Waals surface area (Å²) in [7, 11) is 0. The average molecular weight is 219 g/mol. The average Bonchev–Trinajstić information content (AvgIpc) is 2.15. The summed E-state index contributed by atoms with van der Waals surface area (Å²) in [4.78, 5) is 4.37. The van der Waals surface area contributed by atoms with Gasteiger partial charge in [0.15, 0.2) is 0 Å². The Morgan fingerprint density at radius 2 is 1.94 bits per heavy atom. The van der Waals surface area contributed by atoms with Crippen LogP contribution in [0.25, 0.3) is 0 Å². The molecule has 1 aliphatic rings. The third-order valence-electron chi connectivity index (χ3n) is 3.22. The lowest BCUT2D eigenvalue weighted by molar-refractivity contribution is 0.0695. The zero-order valence-corrected chi connectivity index (χ0v) is 10.7. The summed E-state index contributed by atoms with van der Waals surface area (Å²) in [6, 6.07) is 4.11. The monoisotopic (exact) mass is 219 g/mol. The van der Waals surface area contributed by atoms with Gasteiger partial charge in [0.1, 0.15) is 6.10 Å². The molecule has 0 spiro atoms. The first-order valence-corrected chi connectivity index (χ1v) is 6.08. The van der Waals surface area contributed by atoms with Gasteiger partial charge in [-0.2, -0.15) is 0 Å². The van der Waals surface area contributed by atoms with Crippen molar-refractivity contribution in [3.05, 3.63) is 23.9 Å². The van der Waals surface area contributed by atoms with Crippen LogP contribution in [0.2, 0.25) is 0 Å². The molecule has 1 heterocycles. The van der Waals surface area contributed by atoms with Crippen LogP contribution in [0.15, 0.2) is 18.3 Å². The first-order chi connectivity index (χ1) is 7.45. The maximum absolute atomic E-state index is 5.78. The number of ether oxygens (including phenoxy) is 1. The summed E-state index contributed by atoms with van der Waals surface area (Å²) in [6.07, 6.45) is 4.66. The molecule has 0 amide bonds. The molecular weight excluding hydrogens is 198 g/mol. The predicted octanol–water partition coefficient (Wildman–Crippen LogP) is 3.56. The molecule has 0 radical (unpaired) electrons. The van der Waals surface area contributed by atoms with E-state index >= 15 is 0 Å². The summed E-state index contributed by atoms with van der Waals surface area (Å²) in [5, 5.41) is 0. The molecule has 1 aliphatic carbocycles. The summed E-state index contributed by atoms with van der Waals surface area (Å²) in [5.74, 6) is 1.59. The lowest BCUT2D eigenvalue weighted by atomic mass is 9.84. The molecular formula is C14H21NO. The van der Waals surface area contributed by atoms with E-state index in [4.69, 9.17) is 4.74 Å². The molecule has 2 nitrogen and oxygen atoms in total. The lowest BCUT2D eigenvalue weighted by Crippen LogP contribution is -2.32. The maximum atomic E-state index is 5.78. The van der Waals surface area contributed by atoms with Gasteiger partial charge in [-0.25, -0.2) is 4.98 Å². The van der Waals surface area contributed by atoms with Gasteiger partial charge in [-0.05, 0) is 29.7 Å². The van der Waals surface area contributed by atoms with Gasteiger partial charge in [0.2, 0.25) is 5.88 Å². The molecule has 2 rings (SSSR count). The Hall–Kier alpha value is -1.05. The molecule has 16 heavy (non-hydrogen) atoms. The molecule has 0 saturated heterocycles. The van der Waals surface area contributed by atoms with E-state index in [-0.39, 0.29) is 5.41 Å². The summed E-state index contributed by atoms with van der Waals surface area (Å²) in [5.41, 5.74) is 1.41. The van der Waals surface area contributed by atoms with Crippen molar-refractivity contribution in [2.75, 3.05) is 0 Å². The quantitative estimate of drug-likeness (QED) is 0.758. The van der Waals surface area contributed by atoms with Crippen molar-refractivity contribution < 1.29 is 4.74 Å². The second-order valence-corrected chi connectivity index (χ2v) is 5.95. The minimum Gasteiger partial charge on any atom is -0.474 e. The number of nitrogens with zero attached hydrogens (tertiary/aromatic N) is 1. The second kappa shape index (κ2) is 4.08. The largest absolute Gasteiger partial charge is 0.474 e. The van der Waals surface area contributed by atoms with Crippen LogP contribution < -0.4 is 4.74 Å². The molecule has 1 saturated carbocycles. The van der Waals surface area contributed by atoms with E-state index in [1.54, 1.807) is 0 Å². The molecule has 0 bridgehead atoms. The molecule has 0 aliphatic heterocycles. The number of rotatable bonds is 2. The van der Waals surface area contributed by atoms with Crippen molar-refractivity contribution in [2.24, 2.45) is 5.92 Å². The van der Waals surface area contributed by atoms with E-state index < -0.39 is 0 Å². The number of pyridine rings is 1. The number of hydrogen-bond donors (Lipinski definition) is 0. The Bertz CT molecular complexity index is 344. The van der Waals surface area contributed by atoms with Crippen molar-refractivity contribution in [1.29, 1.82) is 0 Å².